The normalized spacial score (nSPS) is 21.4. The monoisotopic (exact) mass is 346 g/mol. The van der Waals surface area contributed by atoms with E-state index in [1.165, 1.54) is 49.4 Å². The molecular formula is C18H16F2N2O3. The van der Waals surface area contributed by atoms with Crippen molar-refractivity contribution in [2.45, 2.75) is 18.6 Å². The molecule has 1 saturated heterocycles. The van der Waals surface area contributed by atoms with E-state index in [1.54, 1.807) is 0 Å². The number of carbonyl (C=O) groups excluding carboxylic acids is 2. The van der Waals surface area contributed by atoms with E-state index in [0.29, 0.717) is 5.56 Å². The third kappa shape index (κ3) is 3.10. The predicted molar refractivity (Wildman–Crippen MR) is 85.4 cm³/mol. The number of β-amino-alcohol motifs (C(OH)–C–C–N with tert-alkyl or cyclic N) is 1. The van der Waals surface area contributed by atoms with Crippen LogP contribution in [-0.4, -0.2) is 28.5 Å². The molecule has 1 aliphatic rings. The van der Waals surface area contributed by atoms with Gasteiger partial charge in [-0.25, -0.2) is 13.6 Å². The van der Waals surface area contributed by atoms with Crippen molar-refractivity contribution >= 4 is 11.9 Å². The van der Waals surface area contributed by atoms with Crippen LogP contribution in [0.25, 0.3) is 0 Å². The molecule has 5 nitrogen and oxygen atoms in total. The zero-order chi connectivity index (χ0) is 18.2. The van der Waals surface area contributed by atoms with Gasteiger partial charge in [-0.05, 0) is 42.3 Å². The number of hydrogen-bond acceptors (Lipinski definition) is 3. The summed E-state index contributed by atoms with van der Waals surface area (Å²) in [7, 11) is 0. The van der Waals surface area contributed by atoms with Crippen molar-refractivity contribution in [3.8, 4) is 0 Å². The summed E-state index contributed by atoms with van der Waals surface area (Å²) < 4.78 is 26.4. The van der Waals surface area contributed by atoms with Crippen LogP contribution in [0.5, 0.6) is 0 Å². The molecule has 0 bridgehead atoms. The van der Waals surface area contributed by atoms with Gasteiger partial charge in [0.05, 0.1) is 12.6 Å². The van der Waals surface area contributed by atoms with Crippen LogP contribution in [0.4, 0.5) is 13.6 Å². The lowest BCUT2D eigenvalue weighted by Crippen LogP contribution is -2.41. The lowest BCUT2D eigenvalue weighted by Gasteiger charge is -2.23. The van der Waals surface area contributed by atoms with Gasteiger partial charge in [0, 0.05) is 0 Å². The van der Waals surface area contributed by atoms with Crippen LogP contribution in [0.15, 0.2) is 48.5 Å². The molecule has 2 atom stereocenters. The Hall–Kier alpha value is -2.80. The van der Waals surface area contributed by atoms with E-state index in [-0.39, 0.29) is 12.1 Å². The third-order valence-corrected chi connectivity index (χ3v) is 4.29. The Labute approximate surface area is 142 Å². The van der Waals surface area contributed by atoms with Gasteiger partial charge in [-0.2, -0.15) is 0 Å². The number of urea groups is 1. The molecule has 1 aliphatic heterocycles. The highest BCUT2D eigenvalue weighted by Crippen LogP contribution is 2.30. The average Bonchev–Trinajstić information content (AvgIpc) is 2.79. The molecule has 2 N–H and O–H groups in total. The van der Waals surface area contributed by atoms with Crippen molar-refractivity contribution in [3.05, 3.63) is 71.3 Å². The van der Waals surface area contributed by atoms with E-state index >= 15 is 0 Å². The molecule has 2 aromatic carbocycles. The van der Waals surface area contributed by atoms with Crippen LogP contribution in [0.2, 0.25) is 0 Å². The summed E-state index contributed by atoms with van der Waals surface area (Å²) in [5, 5.41) is 12.8. The summed E-state index contributed by atoms with van der Waals surface area (Å²) in [6, 6.07) is 9.87. The van der Waals surface area contributed by atoms with Crippen molar-refractivity contribution < 1.29 is 23.5 Å². The molecule has 0 saturated carbocycles. The van der Waals surface area contributed by atoms with E-state index in [2.05, 4.69) is 5.32 Å². The number of nitrogens with one attached hydrogen (secondary N) is 1. The topological polar surface area (TPSA) is 69.6 Å². The van der Waals surface area contributed by atoms with Gasteiger partial charge < -0.3 is 10.4 Å². The summed E-state index contributed by atoms with van der Waals surface area (Å²) >= 11 is 0. The number of nitrogens with zero attached hydrogens (tertiary/aromatic N) is 1. The number of benzene rings is 2. The second kappa shape index (κ2) is 6.25. The van der Waals surface area contributed by atoms with Gasteiger partial charge in [0.15, 0.2) is 0 Å². The molecule has 25 heavy (non-hydrogen) atoms. The molecular weight excluding hydrogens is 330 g/mol. The van der Waals surface area contributed by atoms with E-state index in [4.69, 9.17) is 0 Å². The van der Waals surface area contributed by atoms with Crippen molar-refractivity contribution in [3.63, 3.8) is 0 Å². The van der Waals surface area contributed by atoms with Crippen molar-refractivity contribution in [1.29, 1.82) is 0 Å². The standard InChI is InChI=1S/C18H16F2N2O3/c1-18(12-5-7-13(19)8-6-12)16(24)22(17(25)21-18)10-15(23)11-3-2-4-14(20)9-11/h2-9,15,23H,10H2,1H3,(H,21,25)/t15-,18-/m0/s1. The molecule has 0 spiro atoms. The van der Waals surface area contributed by atoms with Crippen LogP contribution in [-0.2, 0) is 10.3 Å². The lowest BCUT2D eigenvalue weighted by atomic mass is 9.92. The fourth-order valence-electron chi connectivity index (χ4n) is 2.83. The Morgan fingerprint density at radius 1 is 1.12 bits per heavy atom. The third-order valence-electron chi connectivity index (χ3n) is 4.29. The Balaban J connectivity index is 1.83. The molecule has 3 rings (SSSR count). The number of hydrogen-bond donors (Lipinski definition) is 2. The molecule has 0 aromatic heterocycles. The maximum atomic E-state index is 13.3. The van der Waals surface area contributed by atoms with E-state index in [0.717, 1.165) is 11.0 Å². The Morgan fingerprint density at radius 3 is 2.44 bits per heavy atom. The number of carbonyl (C=O) groups is 2. The zero-order valence-corrected chi connectivity index (χ0v) is 13.4. The molecule has 1 fully saturated rings. The predicted octanol–water partition coefficient (Wildman–Crippen LogP) is 2.47. The van der Waals surface area contributed by atoms with Gasteiger partial charge >= 0.3 is 6.03 Å². The molecule has 130 valence electrons. The Morgan fingerprint density at radius 2 is 1.80 bits per heavy atom. The number of amides is 3. The first-order chi connectivity index (χ1) is 11.8. The van der Waals surface area contributed by atoms with E-state index < -0.39 is 35.2 Å². The smallest absolute Gasteiger partial charge is 0.325 e. The van der Waals surface area contributed by atoms with Gasteiger partial charge in [-0.1, -0.05) is 24.3 Å². The summed E-state index contributed by atoms with van der Waals surface area (Å²) in [5.74, 6) is -1.55. The Bertz CT molecular complexity index is 825. The van der Waals surface area contributed by atoms with Crippen LogP contribution in [0, 0.1) is 11.6 Å². The van der Waals surface area contributed by atoms with E-state index in [9.17, 15) is 23.5 Å². The second-order valence-electron chi connectivity index (χ2n) is 6.05. The first-order valence-electron chi connectivity index (χ1n) is 7.65. The molecule has 1 heterocycles. The maximum absolute atomic E-state index is 13.3. The highest BCUT2D eigenvalue weighted by atomic mass is 19.1. The molecule has 3 amide bonds. The molecule has 0 aliphatic carbocycles. The Kier molecular flexibility index (Phi) is 4.26. The number of aliphatic hydroxyl groups excluding tert-OH is 1. The van der Waals surface area contributed by atoms with Crippen LogP contribution < -0.4 is 5.32 Å². The SMILES string of the molecule is C[C@@]1(c2ccc(F)cc2)NC(=O)N(C[C@H](O)c2cccc(F)c2)C1=O. The summed E-state index contributed by atoms with van der Waals surface area (Å²) in [4.78, 5) is 25.8. The minimum atomic E-state index is -1.35. The molecule has 0 radical (unpaired) electrons. The quantitative estimate of drug-likeness (QED) is 0.836. The largest absolute Gasteiger partial charge is 0.387 e. The van der Waals surface area contributed by atoms with Gasteiger partial charge in [-0.3, -0.25) is 9.69 Å². The molecule has 7 heteroatoms. The summed E-state index contributed by atoms with van der Waals surface area (Å²) in [5.41, 5.74) is -0.669. The summed E-state index contributed by atoms with van der Waals surface area (Å²) in [6.07, 6.45) is -1.22. The van der Waals surface area contributed by atoms with Gasteiger partial charge in [0.1, 0.15) is 17.2 Å². The maximum Gasteiger partial charge on any atom is 0.325 e. The fourth-order valence-corrected chi connectivity index (χ4v) is 2.83. The fraction of sp³-hybridized carbons (Fsp3) is 0.222. The second-order valence-corrected chi connectivity index (χ2v) is 6.05. The number of rotatable bonds is 4. The van der Waals surface area contributed by atoms with Crippen LogP contribution >= 0.6 is 0 Å². The highest BCUT2D eigenvalue weighted by Gasteiger charge is 2.49. The van der Waals surface area contributed by atoms with E-state index in [1.807, 2.05) is 0 Å². The molecule has 0 unspecified atom stereocenters. The zero-order valence-electron chi connectivity index (χ0n) is 13.4. The minimum Gasteiger partial charge on any atom is -0.387 e. The van der Waals surface area contributed by atoms with Gasteiger partial charge in [-0.15, -0.1) is 0 Å². The summed E-state index contributed by atoms with van der Waals surface area (Å²) in [6.45, 7) is 1.19. The average molecular weight is 346 g/mol. The van der Waals surface area contributed by atoms with Gasteiger partial charge in [0.2, 0.25) is 0 Å². The highest BCUT2D eigenvalue weighted by molar-refractivity contribution is 6.07. The number of imide groups is 1. The van der Waals surface area contributed by atoms with Crippen molar-refractivity contribution in [1.82, 2.24) is 10.2 Å². The van der Waals surface area contributed by atoms with Crippen molar-refractivity contribution in [2.75, 3.05) is 6.54 Å². The number of halogens is 2. The minimum absolute atomic E-state index is 0.260. The lowest BCUT2D eigenvalue weighted by molar-refractivity contribution is -0.132. The van der Waals surface area contributed by atoms with Crippen LogP contribution in [0.1, 0.15) is 24.2 Å². The van der Waals surface area contributed by atoms with Gasteiger partial charge in [0.25, 0.3) is 5.91 Å². The first-order valence-corrected chi connectivity index (χ1v) is 7.65. The number of aliphatic hydroxyl groups is 1. The van der Waals surface area contributed by atoms with Crippen LogP contribution in [0.3, 0.4) is 0 Å². The molecule has 2 aromatic rings. The van der Waals surface area contributed by atoms with Crippen molar-refractivity contribution in [2.24, 2.45) is 0 Å². The first kappa shape index (κ1) is 17.0.